The van der Waals surface area contributed by atoms with Crippen LogP contribution in [0.25, 0.3) is 27.8 Å². The van der Waals surface area contributed by atoms with Crippen LogP contribution in [0.1, 0.15) is 30.5 Å². The molecular formula is C27H27N7. The van der Waals surface area contributed by atoms with Crippen LogP contribution in [0.3, 0.4) is 0 Å². The molecule has 3 saturated carbocycles. The zero-order valence-electron chi connectivity index (χ0n) is 19.0. The van der Waals surface area contributed by atoms with Crippen LogP contribution in [0, 0.1) is 11.3 Å². The zero-order valence-corrected chi connectivity index (χ0v) is 19.0. The molecule has 4 heterocycles. The Balaban J connectivity index is 1.04. The molecule has 3 aliphatic rings. The molecule has 2 bridgehead atoms. The lowest BCUT2D eigenvalue weighted by Gasteiger charge is -2.62. The Morgan fingerprint density at radius 1 is 1.06 bits per heavy atom. The second kappa shape index (κ2) is 7.67. The normalized spacial score (nSPS) is 20.9. The molecule has 7 heteroatoms. The third-order valence-electron chi connectivity index (χ3n) is 7.53. The van der Waals surface area contributed by atoms with E-state index in [1.807, 2.05) is 52.4 Å². The average Bonchev–Trinajstić information content (AvgIpc) is 3.55. The summed E-state index contributed by atoms with van der Waals surface area (Å²) in [5, 5.41) is 13.7. The van der Waals surface area contributed by atoms with E-state index in [9.17, 15) is 0 Å². The van der Waals surface area contributed by atoms with Gasteiger partial charge < -0.3 is 14.9 Å². The van der Waals surface area contributed by atoms with E-state index in [4.69, 9.17) is 0 Å². The summed E-state index contributed by atoms with van der Waals surface area (Å²) >= 11 is 0. The number of aromatic amines is 1. The minimum Gasteiger partial charge on any atom is -0.357 e. The van der Waals surface area contributed by atoms with E-state index in [2.05, 4.69) is 55.9 Å². The van der Waals surface area contributed by atoms with Gasteiger partial charge in [0.25, 0.3) is 0 Å². The highest BCUT2D eigenvalue weighted by Crippen LogP contribution is 2.63. The Kier molecular flexibility index (Phi) is 4.45. The molecule has 2 N–H and O–H groups in total. The summed E-state index contributed by atoms with van der Waals surface area (Å²) in [5.41, 5.74) is 7.02. The van der Waals surface area contributed by atoms with Crippen molar-refractivity contribution in [1.29, 1.82) is 0 Å². The monoisotopic (exact) mass is 449 g/mol. The van der Waals surface area contributed by atoms with Crippen molar-refractivity contribution in [2.45, 2.75) is 32.4 Å². The van der Waals surface area contributed by atoms with Crippen LogP contribution < -0.4 is 5.32 Å². The topological polar surface area (TPSA) is 76.3 Å². The maximum Gasteiger partial charge on any atom is 0.114 e. The van der Waals surface area contributed by atoms with Gasteiger partial charge in [-0.05, 0) is 71.9 Å². The zero-order chi connectivity index (χ0) is 22.5. The molecule has 0 unspecified atom stereocenters. The highest BCUT2D eigenvalue weighted by Gasteiger charge is 2.55. The highest BCUT2D eigenvalue weighted by molar-refractivity contribution is 5.81. The molecule has 0 saturated heterocycles. The molecule has 5 aromatic rings. The number of pyridine rings is 1. The largest absolute Gasteiger partial charge is 0.357 e. The number of H-pyrrole nitrogens is 1. The minimum atomic E-state index is 0.639. The molecule has 0 amide bonds. The van der Waals surface area contributed by atoms with E-state index < -0.39 is 0 Å². The molecule has 0 radical (unpaired) electrons. The maximum atomic E-state index is 4.39. The first-order valence-electron chi connectivity index (χ1n) is 12.0. The van der Waals surface area contributed by atoms with Gasteiger partial charge in [-0.1, -0.05) is 17.3 Å². The number of hydrogen-bond acceptors (Lipinski definition) is 4. The Labute approximate surface area is 197 Å². The molecule has 170 valence electrons. The lowest BCUT2D eigenvalue weighted by molar-refractivity contribution is -0.103. The molecule has 1 aromatic carbocycles. The predicted octanol–water partition coefficient (Wildman–Crippen LogP) is 4.55. The molecule has 34 heavy (non-hydrogen) atoms. The van der Waals surface area contributed by atoms with Crippen molar-refractivity contribution in [2.75, 3.05) is 6.54 Å². The van der Waals surface area contributed by atoms with Gasteiger partial charge in [-0.2, -0.15) is 0 Å². The SMILES string of the molecule is c1ccn(-c2cncc(-c3cn(Cc4ccc5cc(CNCC67CC(C6)C7)[nH]c5c4)nn3)c2)c1. The number of nitrogens with zero attached hydrogens (tertiary/aromatic N) is 5. The van der Waals surface area contributed by atoms with E-state index in [1.54, 1.807) is 0 Å². The lowest BCUT2D eigenvalue weighted by atomic mass is 9.44. The third-order valence-corrected chi connectivity index (χ3v) is 7.53. The quantitative estimate of drug-likeness (QED) is 0.364. The molecule has 0 aliphatic heterocycles. The van der Waals surface area contributed by atoms with Crippen LogP contribution >= 0.6 is 0 Å². The van der Waals surface area contributed by atoms with Crippen LogP contribution in [0.5, 0.6) is 0 Å². The molecule has 8 rings (SSSR count). The highest BCUT2D eigenvalue weighted by atomic mass is 15.4. The van der Waals surface area contributed by atoms with E-state index in [-0.39, 0.29) is 0 Å². The fraction of sp³-hybridized carbons (Fsp3) is 0.296. The van der Waals surface area contributed by atoms with Crippen molar-refractivity contribution in [2.24, 2.45) is 11.3 Å². The second-order valence-electron chi connectivity index (χ2n) is 10.1. The third kappa shape index (κ3) is 3.53. The lowest BCUT2D eigenvalue weighted by Crippen LogP contribution is -2.56. The molecular weight excluding hydrogens is 422 g/mol. The first-order chi connectivity index (χ1) is 16.7. The van der Waals surface area contributed by atoms with Gasteiger partial charge in [0.1, 0.15) is 5.69 Å². The summed E-state index contributed by atoms with van der Waals surface area (Å²) < 4.78 is 3.92. The van der Waals surface area contributed by atoms with Gasteiger partial charge in [0.2, 0.25) is 0 Å². The average molecular weight is 450 g/mol. The molecule has 0 spiro atoms. The predicted molar refractivity (Wildman–Crippen MR) is 131 cm³/mol. The van der Waals surface area contributed by atoms with Crippen molar-refractivity contribution in [3.05, 3.63) is 84.7 Å². The number of nitrogens with one attached hydrogen (secondary N) is 2. The number of rotatable bonds is 8. The van der Waals surface area contributed by atoms with Gasteiger partial charge >= 0.3 is 0 Å². The summed E-state index contributed by atoms with van der Waals surface area (Å²) in [6.07, 6.45) is 14.0. The Hall–Kier alpha value is -3.71. The summed E-state index contributed by atoms with van der Waals surface area (Å²) in [6.45, 7) is 2.73. The number of fused-ring (bicyclic) bond motifs is 1. The van der Waals surface area contributed by atoms with E-state index in [0.29, 0.717) is 12.0 Å². The van der Waals surface area contributed by atoms with E-state index in [0.717, 1.165) is 36.0 Å². The summed E-state index contributed by atoms with van der Waals surface area (Å²) in [6, 6.07) is 14.9. The van der Waals surface area contributed by atoms with Gasteiger partial charge in [-0.15, -0.1) is 5.10 Å². The fourth-order valence-electron chi connectivity index (χ4n) is 5.68. The van der Waals surface area contributed by atoms with Crippen molar-refractivity contribution in [3.8, 4) is 16.9 Å². The number of aromatic nitrogens is 6. The van der Waals surface area contributed by atoms with Crippen molar-refractivity contribution < 1.29 is 0 Å². The summed E-state index contributed by atoms with van der Waals surface area (Å²) in [5.74, 6) is 1.04. The Morgan fingerprint density at radius 3 is 2.76 bits per heavy atom. The van der Waals surface area contributed by atoms with Crippen molar-refractivity contribution >= 4 is 10.9 Å². The Morgan fingerprint density at radius 2 is 1.94 bits per heavy atom. The molecule has 3 aliphatic carbocycles. The van der Waals surface area contributed by atoms with Gasteiger partial charge in [-0.3, -0.25) is 4.98 Å². The number of hydrogen-bond donors (Lipinski definition) is 2. The minimum absolute atomic E-state index is 0.639. The van der Waals surface area contributed by atoms with Crippen molar-refractivity contribution in [1.82, 2.24) is 34.8 Å². The smallest absolute Gasteiger partial charge is 0.114 e. The first kappa shape index (κ1) is 19.7. The maximum absolute atomic E-state index is 4.39. The fourth-order valence-corrected chi connectivity index (χ4v) is 5.68. The van der Waals surface area contributed by atoms with Crippen LogP contribution in [0.15, 0.2) is 73.4 Å². The van der Waals surface area contributed by atoms with Gasteiger partial charge in [0.05, 0.1) is 24.6 Å². The molecule has 0 atom stereocenters. The second-order valence-corrected chi connectivity index (χ2v) is 10.1. The van der Waals surface area contributed by atoms with E-state index in [1.165, 1.54) is 41.4 Å². The van der Waals surface area contributed by atoms with Crippen LogP contribution in [0.4, 0.5) is 0 Å². The summed E-state index contributed by atoms with van der Waals surface area (Å²) in [4.78, 5) is 7.97. The Bertz CT molecular complexity index is 1440. The van der Waals surface area contributed by atoms with E-state index >= 15 is 0 Å². The molecule has 4 aromatic heterocycles. The molecule has 3 fully saturated rings. The molecule has 7 nitrogen and oxygen atoms in total. The summed E-state index contributed by atoms with van der Waals surface area (Å²) in [7, 11) is 0. The van der Waals surface area contributed by atoms with Crippen LogP contribution in [-0.4, -0.2) is 36.1 Å². The van der Waals surface area contributed by atoms with Gasteiger partial charge in [-0.25, -0.2) is 4.68 Å². The van der Waals surface area contributed by atoms with Crippen molar-refractivity contribution in [3.63, 3.8) is 0 Å². The van der Waals surface area contributed by atoms with Crippen LogP contribution in [-0.2, 0) is 13.1 Å². The standard InChI is InChI=1S/C27H27N7/c1-2-6-33(5-1)24-9-22(13-28-15-24)26-17-34(32-31-26)16-19-3-4-21-8-23(30-25(21)7-19)14-29-18-27-10-20(11-27)12-27/h1-9,13,15,17,20,29-30H,10-12,14,16,18H2. The number of benzene rings is 1. The van der Waals surface area contributed by atoms with Gasteiger partial charge in [0.15, 0.2) is 0 Å². The first-order valence-corrected chi connectivity index (χ1v) is 12.0. The van der Waals surface area contributed by atoms with Gasteiger partial charge in [0, 0.05) is 48.5 Å². The van der Waals surface area contributed by atoms with Crippen LogP contribution in [0.2, 0.25) is 0 Å².